The number of sulfone groups is 1. The fraction of sp³-hybridized carbons (Fsp3) is 1.00. The molecule has 2 unspecified atom stereocenters. The number of piperidine rings is 1. The van der Waals surface area contributed by atoms with Gasteiger partial charge < -0.3 is 10.6 Å². The summed E-state index contributed by atoms with van der Waals surface area (Å²) in [6, 6.07) is 0.489. The third kappa shape index (κ3) is 3.91. The van der Waals surface area contributed by atoms with Crippen LogP contribution in [-0.4, -0.2) is 75.5 Å². The van der Waals surface area contributed by atoms with Crippen molar-refractivity contribution >= 4 is 9.84 Å². The maximum atomic E-state index is 11.3. The monoisotopic (exact) mass is 277 g/mol. The first-order valence-corrected chi connectivity index (χ1v) is 8.55. The van der Waals surface area contributed by atoms with Gasteiger partial charge in [0.1, 0.15) is 9.84 Å². The van der Waals surface area contributed by atoms with Crippen molar-refractivity contribution in [1.29, 1.82) is 0 Å². The molecule has 1 saturated heterocycles. The van der Waals surface area contributed by atoms with Gasteiger partial charge in [-0.05, 0) is 40.4 Å². The molecule has 18 heavy (non-hydrogen) atoms. The van der Waals surface area contributed by atoms with E-state index in [1.54, 1.807) is 0 Å². The van der Waals surface area contributed by atoms with E-state index in [1.165, 1.54) is 6.26 Å². The average molecular weight is 277 g/mol. The zero-order valence-electron chi connectivity index (χ0n) is 12.0. The van der Waals surface area contributed by atoms with Crippen LogP contribution in [0.1, 0.15) is 19.8 Å². The van der Waals surface area contributed by atoms with Crippen molar-refractivity contribution in [1.82, 2.24) is 9.80 Å². The smallest absolute Gasteiger partial charge is 0.148 e. The second-order valence-electron chi connectivity index (χ2n) is 5.76. The molecule has 1 heterocycles. The minimum absolute atomic E-state index is 0.0450. The molecule has 0 bridgehead atoms. The van der Waals surface area contributed by atoms with Gasteiger partial charge in [0.2, 0.25) is 0 Å². The summed E-state index contributed by atoms with van der Waals surface area (Å²) < 4.78 is 22.5. The van der Waals surface area contributed by atoms with E-state index in [2.05, 4.69) is 23.8 Å². The lowest BCUT2D eigenvalue weighted by atomic mass is 9.82. The molecule has 0 spiro atoms. The van der Waals surface area contributed by atoms with Crippen LogP contribution in [0.25, 0.3) is 0 Å². The summed E-state index contributed by atoms with van der Waals surface area (Å²) in [6.07, 6.45) is 3.29. The lowest BCUT2D eigenvalue weighted by Crippen LogP contribution is -2.60. The highest BCUT2D eigenvalue weighted by Gasteiger charge is 2.39. The quantitative estimate of drug-likeness (QED) is 0.752. The Morgan fingerprint density at radius 2 is 2.11 bits per heavy atom. The van der Waals surface area contributed by atoms with Crippen molar-refractivity contribution in [3.63, 3.8) is 0 Å². The van der Waals surface area contributed by atoms with Crippen molar-refractivity contribution < 1.29 is 8.42 Å². The Balaban J connectivity index is 2.69. The Bertz CT molecular complexity index is 372. The normalized spacial score (nSPS) is 30.9. The Labute approximate surface area is 111 Å². The highest BCUT2D eigenvalue weighted by atomic mass is 32.2. The maximum absolute atomic E-state index is 11.3. The van der Waals surface area contributed by atoms with Crippen LogP contribution >= 0.6 is 0 Å². The summed E-state index contributed by atoms with van der Waals surface area (Å²) in [5.41, 5.74) is 5.93. The highest BCUT2D eigenvalue weighted by Crippen LogP contribution is 2.30. The van der Waals surface area contributed by atoms with E-state index in [4.69, 9.17) is 5.73 Å². The van der Waals surface area contributed by atoms with Crippen LogP contribution < -0.4 is 5.73 Å². The van der Waals surface area contributed by atoms with E-state index in [1.807, 2.05) is 7.05 Å². The van der Waals surface area contributed by atoms with Gasteiger partial charge in [-0.2, -0.15) is 0 Å². The van der Waals surface area contributed by atoms with E-state index in [-0.39, 0.29) is 11.3 Å². The van der Waals surface area contributed by atoms with Gasteiger partial charge in [-0.1, -0.05) is 0 Å². The topological polar surface area (TPSA) is 66.6 Å². The molecule has 1 fully saturated rings. The van der Waals surface area contributed by atoms with Crippen LogP contribution in [0.3, 0.4) is 0 Å². The molecule has 1 rings (SSSR count). The van der Waals surface area contributed by atoms with E-state index in [0.29, 0.717) is 19.1 Å². The first-order chi connectivity index (χ1) is 8.20. The van der Waals surface area contributed by atoms with Gasteiger partial charge in [0.15, 0.2) is 0 Å². The molecule has 6 heteroatoms. The van der Waals surface area contributed by atoms with Gasteiger partial charge in [-0.15, -0.1) is 0 Å². The SMILES string of the molecule is CC1CC(CN)(N(C)CCS(C)(=O)=O)CCN1C. The minimum atomic E-state index is -2.91. The van der Waals surface area contributed by atoms with Crippen LogP contribution in [0, 0.1) is 0 Å². The van der Waals surface area contributed by atoms with Crippen LogP contribution in [0.2, 0.25) is 0 Å². The zero-order chi connectivity index (χ0) is 14.0. The summed E-state index contributed by atoms with van der Waals surface area (Å²) in [5.74, 6) is 0.204. The number of hydrogen-bond acceptors (Lipinski definition) is 5. The van der Waals surface area contributed by atoms with Gasteiger partial charge in [-0.25, -0.2) is 8.42 Å². The molecular weight excluding hydrogens is 250 g/mol. The van der Waals surface area contributed by atoms with Gasteiger partial charge in [0.25, 0.3) is 0 Å². The molecule has 1 aliphatic rings. The van der Waals surface area contributed by atoms with E-state index in [0.717, 1.165) is 19.4 Å². The molecule has 0 aromatic heterocycles. The number of nitrogens with zero attached hydrogens (tertiary/aromatic N) is 2. The van der Waals surface area contributed by atoms with E-state index >= 15 is 0 Å². The lowest BCUT2D eigenvalue weighted by Gasteiger charge is -2.49. The van der Waals surface area contributed by atoms with Crippen molar-refractivity contribution in [3.05, 3.63) is 0 Å². The van der Waals surface area contributed by atoms with Gasteiger partial charge in [0.05, 0.1) is 5.75 Å². The minimum Gasteiger partial charge on any atom is -0.329 e. The summed E-state index contributed by atoms with van der Waals surface area (Å²) in [5, 5.41) is 0. The molecule has 5 nitrogen and oxygen atoms in total. The van der Waals surface area contributed by atoms with Crippen LogP contribution in [0.15, 0.2) is 0 Å². The largest absolute Gasteiger partial charge is 0.329 e. The van der Waals surface area contributed by atoms with Gasteiger partial charge in [0, 0.05) is 30.9 Å². The number of hydrogen-bond donors (Lipinski definition) is 1. The molecule has 108 valence electrons. The first-order valence-electron chi connectivity index (χ1n) is 6.49. The third-order valence-corrected chi connectivity index (χ3v) is 5.27. The standard InChI is InChI=1S/C12H27N3O2S/c1-11-9-12(10-13,5-6-14(11)2)15(3)7-8-18(4,16)17/h11H,5-10,13H2,1-4H3. The first kappa shape index (κ1) is 15.9. The zero-order valence-corrected chi connectivity index (χ0v) is 12.8. The van der Waals surface area contributed by atoms with Crippen molar-refractivity contribution in [3.8, 4) is 0 Å². The predicted octanol–water partition coefficient (Wildman–Crippen LogP) is -0.226. The third-order valence-electron chi connectivity index (χ3n) is 4.34. The van der Waals surface area contributed by atoms with E-state index < -0.39 is 9.84 Å². The fourth-order valence-electron chi connectivity index (χ4n) is 2.64. The summed E-state index contributed by atoms with van der Waals surface area (Å²) in [6.45, 7) is 4.37. The number of rotatable bonds is 5. The van der Waals surface area contributed by atoms with E-state index in [9.17, 15) is 8.42 Å². The Hall–Kier alpha value is -0.170. The fourth-order valence-corrected chi connectivity index (χ4v) is 3.25. The average Bonchev–Trinajstić information content (AvgIpc) is 2.29. The Morgan fingerprint density at radius 1 is 1.50 bits per heavy atom. The Morgan fingerprint density at radius 3 is 2.56 bits per heavy atom. The second-order valence-corrected chi connectivity index (χ2v) is 8.02. The molecule has 2 atom stereocenters. The number of likely N-dealkylation sites (N-methyl/N-ethyl adjacent to an activating group) is 1. The molecule has 1 aliphatic heterocycles. The molecule has 0 aliphatic carbocycles. The lowest BCUT2D eigenvalue weighted by molar-refractivity contribution is 0.0305. The number of likely N-dealkylation sites (tertiary alicyclic amines) is 1. The maximum Gasteiger partial charge on any atom is 0.148 e. The van der Waals surface area contributed by atoms with Gasteiger partial charge >= 0.3 is 0 Å². The molecular formula is C12H27N3O2S. The van der Waals surface area contributed by atoms with Crippen molar-refractivity contribution in [2.45, 2.75) is 31.3 Å². The summed E-state index contributed by atoms with van der Waals surface area (Å²) >= 11 is 0. The van der Waals surface area contributed by atoms with Crippen LogP contribution in [0.4, 0.5) is 0 Å². The molecule has 0 radical (unpaired) electrons. The second kappa shape index (κ2) is 5.86. The number of nitrogens with two attached hydrogens (primary N) is 1. The van der Waals surface area contributed by atoms with Gasteiger partial charge in [-0.3, -0.25) is 4.90 Å². The van der Waals surface area contributed by atoms with Crippen LogP contribution in [0.5, 0.6) is 0 Å². The molecule has 0 saturated carbocycles. The summed E-state index contributed by atoms with van der Waals surface area (Å²) in [4.78, 5) is 4.48. The predicted molar refractivity (Wildman–Crippen MR) is 75.5 cm³/mol. The molecule has 0 aromatic carbocycles. The molecule has 2 N–H and O–H groups in total. The molecule has 0 amide bonds. The molecule has 0 aromatic rings. The van der Waals surface area contributed by atoms with Crippen molar-refractivity contribution in [2.75, 3.05) is 45.7 Å². The van der Waals surface area contributed by atoms with Crippen molar-refractivity contribution in [2.24, 2.45) is 5.73 Å². The van der Waals surface area contributed by atoms with Crippen LogP contribution in [-0.2, 0) is 9.84 Å². The Kier molecular flexibility index (Phi) is 5.17. The summed E-state index contributed by atoms with van der Waals surface area (Å²) in [7, 11) is 1.21. The highest BCUT2D eigenvalue weighted by molar-refractivity contribution is 7.90.